The molecule has 0 spiro atoms. The quantitative estimate of drug-likeness (QED) is 0.0827. The topological polar surface area (TPSA) is 80.4 Å². The fourth-order valence-electron chi connectivity index (χ4n) is 10.3. The molecule has 2 aromatic carbocycles. The van der Waals surface area contributed by atoms with Crippen LogP contribution in [0.15, 0.2) is 24.4 Å². The maximum absolute atomic E-state index is 17.5. The average Bonchev–Trinajstić information content (AvgIpc) is 3.70. The van der Waals surface area contributed by atoms with Gasteiger partial charge in [0.1, 0.15) is 37.8 Å². The first-order valence-corrected chi connectivity index (χ1v) is 22.1. The van der Waals surface area contributed by atoms with E-state index in [-0.39, 0.29) is 74.4 Å². The molecular formula is C43H52F4N6OSi. The van der Waals surface area contributed by atoms with E-state index in [0.717, 1.165) is 18.9 Å². The number of aromatic nitrogens is 3. The van der Waals surface area contributed by atoms with Gasteiger partial charge >= 0.3 is 6.01 Å². The van der Waals surface area contributed by atoms with Crippen molar-refractivity contribution in [1.82, 2.24) is 19.9 Å². The largest absolute Gasteiger partial charge is 0.461 e. The first-order valence-electron chi connectivity index (χ1n) is 20.9. The standard InChI is InChI=1S/C43H52F4N6OSi/c1-24(2)55(25(3)4,26(5)6)15-10-32-36-29(18-35(45)37(32)46)17-31(48)19-33(36)39-38(47)40-34(21-49-39)41(52-13-8-27-16-28(27)9-14-52)51-42(50-40)54-23-43-11-7-12-53(43)22-30(44)20-43/h17-19,21,24-28,30H,7-9,11-14,16,20,22-23,48H2,1-6H3/t27?,28?,30-,43+/m1/s1/i23D2. The number of pyridine rings is 1. The van der Waals surface area contributed by atoms with E-state index < -0.39 is 43.8 Å². The average molecular weight is 775 g/mol. The van der Waals surface area contributed by atoms with Gasteiger partial charge in [0.05, 0.1) is 19.2 Å². The predicted octanol–water partition coefficient (Wildman–Crippen LogP) is 9.61. The summed E-state index contributed by atoms with van der Waals surface area (Å²) in [6.07, 6.45) is 4.41. The maximum Gasteiger partial charge on any atom is 0.319 e. The number of fused-ring (bicyclic) bond motifs is 4. The van der Waals surface area contributed by atoms with Crippen LogP contribution in [0.1, 0.15) is 88.4 Å². The van der Waals surface area contributed by atoms with Crippen molar-refractivity contribution in [3.05, 3.63) is 47.4 Å². The third kappa shape index (κ3) is 6.53. The van der Waals surface area contributed by atoms with Gasteiger partial charge in [0.2, 0.25) is 0 Å². The van der Waals surface area contributed by atoms with Gasteiger partial charge in [0.15, 0.2) is 17.5 Å². The molecule has 1 saturated carbocycles. The molecule has 4 aromatic rings. The van der Waals surface area contributed by atoms with Crippen molar-refractivity contribution in [2.45, 2.75) is 108 Å². The molecule has 4 atom stereocenters. The molecule has 4 aliphatic rings. The maximum atomic E-state index is 17.5. The van der Waals surface area contributed by atoms with Crippen LogP contribution in [-0.2, 0) is 0 Å². The smallest absolute Gasteiger partial charge is 0.319 e. The van der Waals surface area contributed by atoms with E-state index >= 15 is 13.2 Å². The van der Waals surface area contributed by atoms with E-state index in [2.05, 4.69) is 67.9 Å². The second-order valence-corrected chi connectivity index (χ2v) is 22.9. The molecule has 292 valence electrons. The van der Waals surface area contributed by atoms with Gasteiger partial charge in [0.25, 0.3) is 0 Å². The van der Waals surface area contributed by atoms with Crippen LogP contribution in [0.3, 0.4) is 0 Å². The molecule has 5 heterocycles. The number of benzene rings is 2. The van der Waals surface area contributed by atoms with E-state index in [1.807, 2.05) is 4.90 Å². The van der Waals surface area contributed by atoms with Gasteiger partial charge in [-0.1, -0.05) is 47.5 Å². The fourth-order valence-corrected chi connectivity index (χ4v) is 15.5. The number of anilines is 2. The van der Waals surface area contributed by atoms with Gasteiger partial charge in [-0.25, -0.2) is 17.6 Å². The summed E-state index contributed by atoms with van der Waals surface area (Å²) in [4.78, 5) is 17.7. The zero-order valence-electron chi connectivity index (χ0n) is 34.6. The Hall–Kier alpha value is -3.95. The van der Waals surface area contributed by atoms with Crippen molar-refractivity contribution in [3.63, 3.8) is 0 Å². The fraction of sp³-hybridized carbons (Fsp3) is 0.558. The lowest BCUT2D eigenvalue weighted by atomic mass is 9.95. The van der Waals surface area contributed by atoms with Crippen LogP contribution in [0.2, 0.25) is 16.6 Å². The van der Waals surface area contributed by atoms with Crippen molar-refractivity contribution < 1.29 is 25.0 Å². The Bertz CT molecular complexity index is 2280. The number of halogens is 4. The van der Waals surface area contributed by atoms with E-state index in [0.29, 0.717) is 55.5 Å². The molecule has 3 saturated heterocycles. The van der Waals surface area contributed by atoms with Crippen LogP contribution >= 0.6 is 0 Å². The highest BCUT2D eigenvalue weighted by Gasteiger charge is 2.49. The first-order chi connectivity index (χ1) is 27.0. The highest BCUT2D eigenvalue weighted by Crippen LogP contribution is 2.47. The number of rotatable bonds is 8. The Kier molecular flexibility index (Phi) is 9.16. The van der Waals surface area contributed by atoms with Crippen molar-refractivity contribution in [3.8, 4) is 28.7 Å². The normalized spacial score (nSPS) is 24.9. The minimum absolute atomic E-state index is 0.0300. The summed E-state index contributed by atoms with van der Waals surface area (Å²) in [5, 5.41) is 0.723. The van der Waals surface area contributed by atoms with Gasteiger partial charge in [0, 0.05) is 48.9 Å². The monoisotopic (exact) mass is 774 g/mol. The lowest BCUT2D eigenvalue weighted by Gasteiger charge is -2.38. The number of nitrogens with zero attached hydrogens (tertiary/aromatic N) is 5. The SMILES string of the molecule is [2H]C([2H])(Oc1nc(N2CCC3CC3CC2)c2cnc(-c3cc(N)cc4cc(F)c(F)c(C#C[Si](C(C)C)(C(C)C)C(C)C)c34)c(F)c2n1)[C@@]12CCCN1C[C@H](F)C2. The second kappa shape index (κ2) is 14.2. The van der Waals surface area contributed by atoms with Gasteiger partial charge < -0.3 is 15.4 Å². The molecule has 55 heavy (non-hydrogen) atoms. The van der Waals surface area contributed by atoms with Gasteiger partial charge in [-0.2, -0.15) is 9.97 Å². The summed E-state index contributed by atoms with van der Waals surface area (Å²) in [5.74, 6) is 1.63. The molecule has 2 N–H and O–H groups in total. The Morgan fingerprint density at radius 3 is 2.40 bits per heavy atom. The molecule has 2 unspecified atom stereocenters. The van der Waals surface area contributed by atoms with E-state index in [1.165, 1.54) is 24.8 Å². The lowest BCUT2D eigenvalue weighted by molar-refractivity contribution is 0.107. The Balaban J connectivity index is 1.32. The number of hydrogen-bond donors (Lipinski definition) is 1. The number of alkyl halides is 1. The van der Waals surface area contributed by atoms with Crippen LogP contribution in [0.4, 0.5) is 29.1 Å². The molecule has 7 nitrogen and oxygen atoms in total. The van der Waals surface area contributed by atoms with Crippen molar-refractivity contribution >= 4 is 41.3 Å². The summed E-state index contributed by atoms with van der Waals surface area (Å²) in [5.41, 5.74) is 9.05. The molecule has 4 fully saturated rings. The zero-order chi connectivity index (χ0) is 40.8. The van der Waals surface area contributed by atoms with Crippen LogP contribution in [0.25, 0.3) is 32.9 Å². The van der Waals surface area contributed by atoms with Crippen LogP contribution in [0, 0.1) is 40.8 Å². The molecule has 2 aromatic heterocycles. The Morgan fingerprint density at radius 1 is 1.00 bits per heavy atom. The number of nitrogen functional groups attached to an aromatic ring is 1. The number of nitrogens with two attached hydrogens (primary N) is 1. The van der Waals surface area contributed by atoms with E-state index in [9.17, 15) is 7.13 Å². The van der Waals surface area contributed by atoms with Gasteiger partial charge in [-0.15, -0.1) is 5.54 Å². The third-order valence-corrected chi connectivity index (χ3v) is 19.5. The minimum atomic E-state index is -2.42. The molecule has 12 heteroatoms. The van der Waals surface area contributed by atoms with E-state index in [1.54, 1.807) is 0 Å². The number of ether oxygens (including phenoxy) is 1. The number of hydrogen-bond acceptors (Lipinski definition) is 7. The van der Waals surface area contributed by atoms with Crippen LogP contribution in [0.5, 0.6) is 6.01 Å². The first kappa shape index (κ1) is 35.5. The van der Waals surface area contributed by atoms with Gasteiger partial charge in [-0.3, -0.25) is 9.88 Å². The zero-order valence-corrected chi connectivity index (χ0v) is 33.6. The molecule has 0 bridgehead atoms. The van der Waals surface area contributed by atoms with Crippen molar-refractivity contribution in [2.75, 3.05) is 43.4 Å². The molecule has 8 rings (SSSR count). The summed E-state index contributed by atoms with van der Waals surface area (Å²) in [6, 6.07) is 3.67. The molecular weight excluding hydrogens is 721 g/mol. The molecule has 1 aliphatic carbocycles. The van der Waals surface area contributed by atoms with Crippen LogP contribution in [-0.4, -0.2) is 72.4 Å². The summed E-state index contributed by atoms with van der Waals surface area (Å²) in [7, 11) is -2.42. The van der Waals surface area contributed by atoms with Gasteiger partial charge in [-0.05, 0) is 90.7 Å². The molecule has 3 aliphatic heterocycles. The summed E-state index contributed by atoms with van der Waals surface area (Å²) in [6.45, 7) is 12.4. The predicted molar refractivity (Wildman–Crippen MR) is 214 cm³/mol. The van der Waals surface area contributed by atoms with Crippen molar-refractivity contribution in [2.24, 2.45) is 11.8 Å². The lowest BCUT2D eigenvalue weighted by Crippen LogP contribution is -2.43. The molecule has 0 radical (unpaired) electrons. The van der Waals surface area contributed by atoms with Crippen molar-refractivity contribution in [1.29, 1.82) is 0 Å². The molecule has 0 amide bonds. The minimum Gasteiger partial charge on any atom is -0.461 e. The summed E-state index contributed by atoms with van der Waals surface area (Å²) >= 11 is 0. The van der Waals surface area contributed by atoms with Crippen LogP contribution < -0.4 is 15.4 Å². The Morgan fingerprint density at radius 2 is 1.71 bits per heavy atom. The Labute approximate surface area is 325 Å². The second-order valence-electron chi connectivity index (χ2n) is 17.3. The third-order valence-electron chi connectivity index (χ3n) is 13.2. The highest BCUT2D eigenvalue weighted by atomic mass is 28.3. The highest BCUT2D eigenvalue weighted by molar-refractivity contribution is 6.90. The summed E-state index contributed by atoms with van der Waals surface area (Å²) < 4.78 is 88.2. The van der Waals surface area contributed by atoms with E-state index in [4.69, 9.17) is 15.5 Å².